The number of carbonyl (C=O) groups is 2. The van der Waals surface area contributed by atoms with Crippen molar-refractivity contribution < 1.29 is 66.4 Å². The van der Waals surface area contributed by atoms with Crippen LogP contribution in [0.2, 0.25) is 5.02 Å². The minimum Gasteiger partial charge on any atom is -0.377 e. The van der Waals surface area contributed by atoms with Crippen LogP contribution in [0.15, 0.2) is 36.5 Å². The fourth-order valence-electron chi connectivity index (χ4n) is 10.6. The van der Waals surface area contributed by atoms with Crippen molar-refractivity contribution in [3.05, 3.63) is 64.2 Å². The van der Waals surface area contributed by atoms with Gasteiger partial charge in [-0.2, -0.15) is 16.9 Å². The van der Waals surface area contributed by atoms with Crippen molar-refractivity contribution in [2.75, 3.05) is 171 Å². The second-order valence-corrected chi connectivity index (χ2v) is 22.9. The van der Waals surface area contributed by atoms with Crippen molar-refractivity contribution in [2.24, 2.45) is 7.05 Å². The molecule has 3 aliphatic heterocycles. The quantitative estimate of drug-likeness (QED) is 0.0514. The van der Waals surface area contributed by atoms with Gasteiger partial charge >= 0.3 is 6.03 Å². The summed E-state index contributed by atoms with van der Waals surface area (Å²) in [6.45, 7) is 15.1. The van der Waals surface area contributed by atoms with Gasteiger partial charge in [0.05, 0.1) is 182 Å². The first-order valence-electron chi connectivity index (χ1n) is 30.1. The second-order valence-electron chi connectivity index (χ2n) is 21.2. The molecule has 3 amide bonds. The van der Waals surface area contributed by atoms with Gasteiger partial charge in [-0.3, -0.25) is 14.4 Å². The molecule has 25 heteroatoms. The molecule has 3 N–H and O–H groups in total. The van der Waals surface area contributed by atoms with E-state index in [0.29, 0.717) is 189 Å². The van der Waals surface area contributed by atoms with E-state index in [1.165, 1.54) is 17.0 Å². The van der Waals surface area contributed by atoms with Gasteiger partial charge in [0.2, 0.25) is 5.91 Å². The Morgan fingerprint density at radius 3 is 1.80 bits per heavy atom. The molecule has 7 rings (SSSR count). The number of hydrogen-bond acceptors (Lipinski definition) is 19. The molecule has 23 nitrogen and oxygen atoms in total. The lowest BCUT2D eigenvalue weighted by Crippen LogP contribution is -2.53. The number of nitrogens with one attached hydrogen (secondary N) is 3. The average molecular weight is 1210 g/mol. The Kier molecular flexibility index (Phi) is 32.3. The van der Waals surface area contributed by atoms with Crippen LogP contribution in [0, 0.1) is 6.92 Å². The minimum atomic E-state index is -0.147. The lowest BCUT2D eigenvalue weighted by atomic mass is 9.82. The van der Waals surface area contributed by atoms with Gasteiger partial charge in [0.25, 0.3) is 0 Å². The van der Waals surface area contributed by atoms with E-state index in [9.17, 15) is 9.59 Å². The highest BCUT2D eigenvalue weighted by Gasteiger charge is 2.43. The summed E-state index contributed by atoms with van der Waals surface area (Å²) in [6.07, 6.45) is 10.6. The maximum Gasteiger partial charge on any atom is 0.315 e. The Hall–Kier alpha value is -3.57. The summed E-state index contributed by atoms with van der Waals surface area (Å²) in [4.78, 5) is 26.3. The molecule has 0 radical (unpaired) electrons. The molecular weight excluding hydrogens is 1110 g/mol. The number of amides is 3. The highest BCUT2D eigenvalue weighted by Crippen LogP contribution is 2.38. The summed E-state index contributed by atoms with van der Waals surface area (Å²) >= 11 is 8.12. The van der Waals surface area contributed by atoms with E-state index >= 15 is 0 Å². The fraction of sp³-hybridized carbons (Fsp3) is 0.776. The van der Waals surface area contributed by atoms with Crippen molar-refractivity contribution in [3.8, 4) is 0 Å². The Bertz CT molecular complexity index is 2190. The van der Waals surface area contributed by atoms with Gasteiger partial charge in [0, 0.05) is 66.3 Å². The summed E-state index contributed by atoms with van der Waals surface area (Å²) in [7, 11) is 2.03. The van der Waals surface area contributed by atoms with Crippen molar-refractivity contribution in [2.45, 2.75) is 113 Å². The highest BCUT2D eigenvalue weighted by atomic mass is 35.5. The highest BCUT2D eigenvalue weighted by molar-refractivity contribution is 8.00. The number of aromatic nitrogens is 5. The number of carbonyl (C=O) groups excluding carboxylic acids is 2. The zero-order valence-corrected chi connectivity index (χ0v) is 50.7. The monoisotopic (exact) mass is 1210 g/mol. The standard InChI is InChI=1S/C58H94ClN9O14S/c1-45-39-51(64-66(45)2)47-9-13-49(14-10-47)68-42-54(82-43-50(68)40-46-7-11-48(59)12-8-46)52-41-67(65-63-52)16-18-72-20-22-74-24-26-76-28-30-78-32-34-80-36-38-81-37-35-79-33-31-77-29-27-75-25-23-73-21-19-71-17-15-60-56(69)6-4-3-5-55-57-53(44-83-55)61-58(70)62-57/h7-8,11-12,39,41,47,49-50,53-55,57H,3-6,9-10,13-38,40,42-44H2,1-2H3,(H,60,69)(H2,61,62,70)/t47?,49?,50?,53-,54+,55-,57-/m0/s1. The number of nitrogens with zero attached hydrogens (tertiary/aromatic N) is 6. The summed E-state index contributed by atoms with van der Waals surface area (Å²) in [5.41, 5.74) is 4.55. The number of unbranched alkanes of at least 4 members (excludes halogenated alkanes) is 1. The molecule has 1 saturated carbocycles. The molecule has 1 aromatic carbocycles. The van der Waals surface area contributed by atoms with E-state index in [4.69, 9.17) is 73.5 Å². The van der Waals surface area contributed by atoms with Gasteiger partial charge in [0.1, 0.15) is 11.8 Å². The molecule has 3 saturated heterocycles. The lowest BCUT2D eigenvalue weighted by Gasteiger charge is -2.46. The molecule has 1 aliphatic carbocycles. The van der Waals surface area contributed by atoms with Crippen molar-refractivity contribution >= 4 is 35.3 Å². The summed E-state index contributed by atoms with van der Waals surface area (Å²) in [5, 5.41) is 23.8. The number of halogens is 1. The number of benzene rings is 1. The molecule has 4 fully saturated rings. The molecular formula is C58H94ClN9O14S. The summed E-state index contributed by atoms with van der Waals surface area (Å²) in [5.74, 6) is 1.50. The first-order valence-corrected chi connectivity index (χ1v) is 31.5. The summed E-state index contributed by atoms with van der Waals surface area (Å²) < 4.78 is 71.9. The number of fused-ring (bicyclic) bond motifs is 1. The molecule has 3 aromatic rings. The zero-order valence-electron chi connectivity index (χ0n) is 49.1. The molecule has 1 unspecified atom stereocenters. The molecule has 83 heavy (non-hydrogen) atoms. The number of ether oxygens (including phenoxy) is 12. The number of hydrogen-bond donors (Lipinski definition) is 3. The number of aryl methyl sites for hydroxylation is 2. The van der Waals surface area contributed by atoms with Gasteiger partial charge in [-0.15, -0.1) is 5.10 Å². The Morgan fingerprint density at radius 1 is 0.711 bits per heavy atom. The summed E-state index contributed by atoms with van der Waals surface area (Å²) in [6, 6.07) is 11.6. The normalized spacial score (nSPS) is 21.8. The van der Waals surface area contributed by atoms with Crippen LogP contribution in [-0.2, 0) is 81.7 Å². The van der Waals surface area contributed by atoms with Crippen LogP contribution in [0.5, 0.6) is 0 Å². The van der Waals surface area contributed by atoms with Crippen LogP contribution in [0.3, 0.4) is 0 Å². The van der Waals surface area contributed by atoms with Crippen LogP contribution >= 0.6 is 23.4 Å². The molecule has 0 spiro atoms. The Labute approximate surface area is 500 Å². The number of urea groups is 1. The maximum absolute atomic E-state index is 12.1. The fourth-order valence-corrected chi connectivity index (χ4v) is 12.2. The maximum atomic E-state index is 12.1. The predicted molar refractivity (Wildman–Crippen MR) is 313 cm³/mol. The van der Waals surface area contributed by atoms with Gasteiger partial charge in [0.15, 0.2) is 0 Å². The van der Waals surface area contributed by atoms with E-state index < -0.39 is 0 Å². The van der Waals surface area contributed by atoms with Crippen molar-refractivity contribution in [1.29, 1.82) is 0 Å². The van der Waals surface area contributed by atoms with E-state index in [2.05, 4.69) is 56.3 Å². The molecule has 4 aliphatic rings. The van der Waals surface area contributed by atoms with Gasteiger partial charge in [-0.05, 0) is 75.6 Å². The van der Waals surface area contributed by atoms with Gasteiger partial charge < -0.3 is 72.8 Å². The van der Waals surface area contributed by atoms with Crippen LogP contribution in [0.1, 0.15) is 86.0 Å². The number of thioether (sulfide) groups is 1. The Balaban J connectivity index is 0.562. The van der Waals surface area contributed by atoms with E-state index in [0.717, 1.165) is 74.4 Å². The topological polar surface area (TPSA) is 233 Å². The SMILES string of the molecule is Cc1cc(C2CCC(N3C[C@H](c4cn(CCOCCOCCOCCOCCOCCOCCOCCOCCOCCOCCOCCNC(=O)CCCC[C@@H]5SC[C@@H]6NC(=O)N[C@@H]65)nn4)OCC3Cc3ccc(Cl)cc3)CC2)nn1C. The van der Waals surface area contributed by atoms with Crippen molar-refractivity contribution in [1.82, 2.24) is 45.6 Å². The zero-order chi connectivity index (χ0) is 57.9. The Morgan fingerprint density at radius 2 is 1.25 bits per heavy atom. The third kappa shape index (κ3) is 25.7. The smallest absolute Gasteiger partial charge is 0.315 e. The van der Waals surface area contributed by atoms with Gasteiger partial charge in [-0.25, -0.2) is 9.48 Å². The van der Waals surface area contributed by atoms with Crippen LogP contribution in [-0.4, -0.2) is 242 Å². The van der Waals surface area contributed by atoms with Crippen LogP contribution < -0.4 is 16.0 Å². The predicted octanol–water partition coefficient (Wildman–Crippen LogP) is 4.71. The van der Waals surface area contributed by atoms with Crippen LogP contribution in [0.25, 0.3) is 0 Å². The first kappa shape index (κ1) is 66.9. The minimum absolute atomic E-state index is 0.0401. The third-order valence-electron chi connectivity index (χ3n) is 15.2. The largest absolute Gasteiger partial charge is 0.377 e. The van der Waals surface area contributed by atoms with Crippen LogP contribution in [0.4, 0.5) is 4.79 Å². The third-order valence-corrected chi connectivity index (χ3v) is 16.9. The van der Waals surface area contributed by atoms with E-state index in [1.807, 2.05) is 46.5 Å². The second kappa shape index (κ2) is 40.0. The molecule has 468 valence electrons. The molecule has 2 aromatic heterocycles. The lowest BCUT2D eigenvalue weighted by molar-refractivity contribution is -0.121. The van der Waals surface area contributed by atoms with E-state index in [-0.39, 0.29) is 36.2 Å². The molecule has 5 heterocycles. The molecule has 5 atom stereocenters. The first-order chi connectivity index (χ1) is 40.8. The van der Waals surface area contributed by atoms with Gasteiger partial charge in [-0.1, -0.05) is 35.4 Å². The number of morpholine rings is 1. The van der Waals surface area contributed by atoms with E-state index in [1.54, 1.807) is 0 Å². The van der Waals surface area contributed by atoms with Crippen molar-refractivity contribution in [3.63, 3.8) is 0 Å². The molecule has 0 bridgehead atoms. The average Bonchev–Trinajstić information content (AvgIpc) is 4.53. The number of rotatable bonds is 46.